The lowest BCUT2D eigenvalue weighted by molar-refractivity contribution is 0.573. The van der Waals surface area contributed by atoms with E-state index in [1.54, 1.807) is 6.33 Å². The molecule has 0 atom stereocenters. The van der Waals surface area contributed by atoms with E-state index < -0.39 is 0 Å². The van der Waals surface area contributed by atoms with E-state index in [0.29, 0.717) is 0 Å². The number of rotatable bonds is 7. The van der Waals surface area contributed by atoms with Crippen molar-refractivity contribution in [1.29, 1.82) is 0 Å². The van der Waals surface area contributed by atoms with Gasteiger partial charge >= 0.3 is 0 Å². The molecule has 0 spiro atoms. The summed E-state index contributed by atoms with van der Waals surface area (Å²) in [7, 11) is 0. The lowest BCUT2D eigenvalue weighted by atomic mass is 10.3. The number of aromatic nitrogens is 4. The van der Waals surface area contributed by atoms with E-state index in [1.165, 1.54) is 5.69 Å². The van der Waals surface area contributed by atoms with Gasteiger partial charge in [0.2, 0.25) is 0 Å². The van der Waals surface area contributed by atoms with Crippen LogP contribution in [0.15, 0.2) is 12.4 Å². The summed E-state index contributed by atoms with van der Waals surface area (Å²) in [4.78, 5) is 8.55. The molecule has 0 aliphatic carbocycles. The van der Waals surface area contributed by atoms with Crippen molar-refractivity contribution in [3.05, 3.63) is 29.3 Å². The molecular formula is C15H24N6. The molecule has 2 aromatic rings. The second kappa shape index (κ2) is 7.06. The minimum atomic E-state index is 0.856. The quantitative estimate of drug-likeness (QED) is 0.766. The second-order valence-corrected chi connectivity index (χ2v) is 5.16. The van der Waals surface area contributed by atoms with Gasteiger partial charge in [0.1, 0.15) is 18.0 Å². The van der Waals surface area contributed by atoms with Gasteiger partial charge in [-0.15, -0.1) is 0 Å². The van der Waals surface area contributed by atoms with Crippen LogP contribution in [0, 0.1) is 20.8 Å². The third kappa shape index (κ3) is 3.93. The van der Waals surface area contributed by atoms with E-state index >= 15 is 0 Å². The molecule has 0 fully saturated rings. The van der Waals surface area contributed by atoms with Crippen molar-refractivity contribution >= 4 is 11.6 Å². The van der Waals surface area contributed by atoms with Gasteiger partial charge in [-0.1, -0.05) is 0 Å². The minimum absolute atomic E-state index is 0.856. The third-order valence-electron chi connectivity index (χ3n) is 3.37. The third-order valence-corrected chi connectivity index (χ3v) is 3.37. The van der Waals surface area contributed by atoms with Crippen LogP contribution in [0.4, 0.5) is 11.6 Å². The molecule has 0 aliphatic heterocycles. The Bertz CT molecular complexity index is 590. The highest BCUT2D eigenvalue weighted by Crippen LogP contribution is 2.17. The molecule has 0 aliphatic rings. The zero-order valence-corrected chi connectivity index (χ0v) is 13.3. The molecule has 114 valence electrons. The van der Waals surface area contributed by atoms with E-state index in [-0.39, 0.29) is 0 Å². The van der Waals surface area contributed by atoms with Gasteiger partial charge < -0.3 is 10.6 Å². The van der Waals surface area contributed by atoms with Gasteiger partial charge in [-0.2, -0.15) is 5.10 Å². The average molecular weight is 288 g/mol. The molecule has 0 radical (unpaired) electrons. The molecule has 2 N–H and O–H groups in total. The van der Waals surface area contributed by atoms with Gasteiger partial charge in [0, 0.05) is 30.9 Å². The van der Waals surface area contributed by atoms with Crippen molar-refractivity contribution in [1.82, 2.24) is 19.7 Å². The maximum absolute atomic E-state index is 4.46. The van der Waals surface area contributed by atoms with E-state index in [1.807, 2.05) is 18.5 Å². The first kappa shape index (κ1) is 15.3. The van der Waals surface area contributed by atoms with Crippen LogP contribution in [-0.2, 0) is 6.54 Å². The normalized spacial score (nSPS) is 10.7. The summed E-state index contributed by atoms with van der Waals surface area (Å²) in [6.07, 6.45) is 2.59. The smallest absolute Gasteiger partial charge is 0.134 e. The SMILES string of the molecule is CCNc1ncnc(NCCCn2nc(C)cc2C)c1C. The highest BCUT2D eigenvalue weighted by molar-refractivity contribution is 5.56. The van der Waals surface area contributed by atoms with Crippen molar-refractivity contribution in [3.8, 4) is 0 Å². The molecule has 2 aromatic heterocycles. The zero-order valence-electron chi connectivity index (χ0n) is 13.3. The fourth-order valence-electron chi connectivity index (χ4n) is 2.31. The Morgan fingerprint density at radius 2 is 1.81 bits per heavy atom. The van der Waals surface area contributed by atoms with Crippen molar-refractivity contribution < 1.29 is 0 Å². The fourth-order valence-corrected chi connectivity index (χ4v) is 2.31. The molecule has 0 aromatic carbocycles. The molecular weight excluding hydrogens is 264 g/mol. The predicted molar refractivity (Wildman–Crippen MR) is 85.7 cm³/mol. The number of nitrogens with one attached hydrogen (secondary N) is 2. The molecule has 0 bridgehead atoms. The van der Waals surface area contributed by atoms with E-state index in [2.05, 4.69) is 45.6 Å². The van der Waals surface area contributed by atoms with Crippen LogP contribution in [0.5, 0.6) is 0 Å². The molecule has 0 amide bonds. The van der Waals surface area contributed by atoms with Crippen LogP contribution in [-0.4, -0.2) is 32.8 Å². The minimum Gasteiger partial charge on any atom is -0.370 e. The Labute approximate surface area is 126 Å². The summed E-state index contributed by atoms with van der Waals surface area (Å²) in [5, 5.41) is 11.1. The summed E-state index contributed by atoms with van der Waals surface area (Å²) < 4.78 is 2.05. The Balaban J connectivity index is 1.86. The molecule has 6 nitrogen and oxygen atoms in total. The second-order valence-electron chi connectivity index (χ2n) is 5.16. The standard InChI is InChI=1S/C15H24N6/c1-5-16-14-13(4)15(19-10-18-14)17-7-6-8-21-12(3)9-11(2)20-21/h9-10H,5-8H2,1-4H3,(H2,16,17,18,19). The molecule has 2 heterocycles. The largest absolute Gasteiger partial charge is 0.370 e. The van der Waals surface area contributed by atoms with Gasteiger partial charge in [-0.25, -0.2) is 9.97 Å². The summed E-state index contributed by atoms with van der Waals surface area (Å²) in [5.74, 6) is 1.79. The summed E-state index contributed by atoms with van der Waals surface area (Å²) >= 11 is 0. The Morgan fingerprint density at radius 1 is 1.10 bits per heavy atom. The number of hydrogen-bond donors (Lipinski definition) is 2. The Kier molecular flexibility index (Phi) is 5.14. The fraction of sp³-hybridized carbons (Fsp3) is 0.533. The lowest BCUT2D eigenvalue weighted by Crippen LogP contribution is -2.12. The zero-order chi connectivity index (χ0) is 15.2. The molecule has 21 heavy (non-hydrogen) atoms. The van der Waals surface area contributed by atoms with Crippen LogP contribution in [0.1, 0.15) is 30.3 Å². The number of aryl methyl sites for hydroxylation is 3. The summed E-state index contributed by atoms with van der Waals surface area (Å²) in [6.45, 7) is 10.8. The highest BCUT2D eigenvalue weighted by atomic mass is 15.3. The van der Waals surface area contributed by atoms with Crippen LogP contribution < -0.4 is 10.6 Å². The van der Waals surface area contributed by atoms with Gasteiger partial charge in [-0.05, 0) is 40.2 Å². The van der Waals surface area contributed by atoms with Gasteiger partial charge in [0.25, 0.3) is 0 Å². The van der Waals surface area contributed by atoms with E-state index in [4.69, 9.17) is 0 Å². The van der Waals surface area contributed by atoms with Crippen molar-refractivity contribution in [2.75, 3.05) is 23.7 Å². The summed E-state index contributed by atoms with van der Waals surface area (Å²) in [5.41, 5.74) is 3.34. The Morgan fingerprint density at radius 3 is 2.43 bits per heavy atom. The van der Waals surface area contributed by atoms with Crippen LogP contribution in [0.3, 0.4) is 0 Å². The van der Waals surface area contributed by atoms with Crippen molar-refractivity contribution in [2.45, 2.75) is 40.7 Å². The van der Waals surface area contributed by atoms with Crippen molar-refractivity contribution in [3.63, 3.8) is 0 Å². The first-order chi connectivity index (χ1) is 10.1. The lowest BCUT2D eigenvalue weighted by Gasteiger charge is -2.12. The molecule has 0 unspecified atom stereocenters. The number of hydrogen-bond acceptors (Lipinski definition) is 5. The van der Waals surface area contributed by atoms with E-state index in [0.717, 1.165) is 48.9 Å². The molecule has 0 saturated heterocycles. The predicted octanol–water partition coefficient (Wildman–Crippen LogP) is 2.53. The van der Waals surface area contributed by atoms with Crippen LogP contribution in [0.25, 0.3) is 0 Å². The monoisotopic (exact) mass is 288 g/mol. The number of nitrogens with zero attached hydrogens (tertiary/aromatic N) is 4. The first-order valence-corrected chi connectivity index (χ1v) is 7.42. The first-order valence-electron chi connectivity index (χ1n) is 7.42. The van der Waals surface area contributed by atoms with Gasteiger partial charge in [0.05, 0.1) is 5.69 Å². The molecule has 2 rings (SSSR count). The average Bonchev–Trinajstić information content (AvgIpc) is 2.77. The maximum atomic E-state index is 4.46. The topological polar surface area (TPSA) is 67.7 Å². The Hall–Kier alpha value is -2.11. The van der Waals surface area contributed by atoms with Gasteiger partial charge in [0.15, 0.2) is 0 Å². The maximum Gasteiger partial charge on any atom is 0.134 e. The molecule has 0 saturated carbocycles. The van der Waals surface area contributed by atoms with E-state index in [9.17, 15) is 0 Å². The van der Waals surface area contributed by atoms with Gasteiger partial charge in [-0.3, -0.25) is 4.68 Å². The highest BCUT2D eigenvalue weighted by Gasteiger charge is 2.06. The van der Waals surface area contributed by atoms with Crippen molar-refractivity contribution in [2.24, 2.45) is 0 Å². The molecule has 6 heteroatoms. The van der Waals surface area contributed by atoms with Crippen LogP contribution in [0.2, 0.25) is 0 Å². The number of anilines is 2. The summed E-state index contributed by atoms with van der Waals surface area (Å²) in [6, 6.07) is 2.10. The van der Waals surface area contributed by atoms with Crippen LogP contribution >= 0.6 is 0 Å².